The maximum atomic E-state index is 4.99. The van der Waals surface area contributed by atoms with Gasteiger partial charge in [0, 0.05) is 51.1 Å². The van der Waals surface area contributed by atoms with Crippen LogP contribution in [0.3, 0.4) is 0 Å². The van der Waals surface area contributed by atoms with Crippen molar-refractivity contribution in [2.45, 2.75) is 33.4 Å². The highest BCUT2D eigenvalue weighted by atomic mass is 16.5. The first-order chi connectivity index (χ1) is 8.56. The third-order valence-corrected chi connectivity index (χ3v) is 3.22. The molecule has 0 bridgehead atoms. The third-order valence-electron chi connectivity index (χ3n) is 3.22. The van der Waals surface area contributed by atoms with Gasteiger partial charge in [-0.3, -0.25) is 4.68 Å². The average Bonchev–Trinajstić information content (AvgIpc) is 2.57. The second-order valence-electron chi connectivity index (χ2n) is 4.75. The molecule has 0 amide bonds. The lowest BCUT2D eigenvalue weighted by Crippen LogP contribution is -2.37. The van der Waals surface area contributed by atoms with Gasteiger partial charge in [-0.15, -0.1) is 0 Å². The minimum absolute atomic E-state index is 0.431. The number of ether oxygens (including phenoxy) is 1. The van der Waals surface area contributed by atoms with Crippen molar-refractivity contribution in [3.63, 3.8) is 0 Å². The van der Waals surface area contributed by atoms with Gasteiger partial charge in [-0.1, -0.05) is 0 Å². The zero-order chi connectivity index (χ0) is 13.5. The number of nitrogens with zero attached hydrogens (tertiary/aromatic N) is 2. The Labute approximate surface area is 110 Å². The van der Waals surface area contributed by atoms with Crippen LogP contribution in [0.5, 0.6) is 0 Å². The zero-order valence-corrected chi connectivity index (χ0v) is 12.2. The molecule has 0 aliphatic carbocycles. The lowest BCUT2D eigenvalue weighted by molar-refractivity contribution is 0.198. The van der Waals surface area contributed by atoms with Crippen LogP contribution in [0.25, 0.3) is 0 Å². The Morgan fingerprint density at radius 2 is 2.11 bits per heavy atom. The van der Waals surface area contributed by atoms with Gasteiger partial charge in [-0.25, -0.2) is 0 Å². The van der Waals surface area contributed by atoms with Crippen LogP contribution < -0.4 is 10.6 Å². The van der Waals surface area contributed by atoms with Gasteiger partial charge in [0.15, 0.2) is 0 Å². The number of aryl methyl sites for hydroxylation is 2. The minimum Gasteiger partial charge on any atom is -0.383 e. The zero-order valence-electron chi connectivity index (χ0n) is 12.2. The van der Waals surface area contributed by atoms with E-state index in [1.807, 2.05) is 11.7 Å². The van der Waals surface area contributed by atoms with E-state index in [4.69, 9.17) is 4.74 Å². The highest BCUT2D eigenvalue weighted by Crippen LogP contribution is 2.11. The van der Waals surface area contributed by atoms with E-state index in [9.17, 15) is 0 Å². The lowest BCUT2D eigenvalue weighted by atomic mass is 10.2. The van der Waals surface area contributed by atoms with E-state index < -0.39 is 0 Å². The number of hydrogen-bond donors (Lipinski definition) is 2. The van der Waals surface area contributed by atoms with Crippen molar-refractivity contribution in [1.82, 2.24) is 20.4 Å². The standard InChI is InChI=1S/C13H26N4O/c1-10(8-14-6-7-18-5)15-9-13-11(2)16-17(4)12(13)3/h10,14-15H,6-9H2,1-5H3. The summed E-state index contributed by atoms with van der Waals surface area (Å²) in [5.41, 5.74) is 3.66. The fourth-order valence-electron chi connectivity index (χ4n) is 1.91. The van der Waals surface area contributed by atoms with E-state index in [-0.39, 0.29) is 0 Å². The fourth-order valence-corrected chi connectivity index (χ4v) is 1.91. The molecule has 1 heterocycles. The van der Waals surface area contributed by atoms with Crippen LogP contribution >= 0.6 is 0 Å². The average molecular weight is 254 g/mol. The topological polar surface area (TPSA) is 51.1 Å². The molecule has 1 rings (SSSR count). The number of hydrogen-bond acceptors (Lipinski definition) is 4. The summed E-state index contributed by atoms with van der Waals surface area (Å²) >= 11 is 0. The summed E-state index contributed by atoms with van der Waals surface area (Å²) in [4.78, 5) is 0. The Morgan fingerprint density at radius 3 is 2.67 bits per heavy atom. The smallest absolute Gasteiger partial charge is 0.0641 e. The van der Waals surface area contributed by atoms with E-state index >= 15 is 0 Å². The summed E-state index contributed by atoms with van der Waals surface area (Å²) < 4.78 is 6.93. The number of rotatable bonds is 8. The number of methoxy groups -OCH3 is 1. The molecule has 2 N–H and O–H groups in total. The SMILES string of the molecule is COCCNCC(C)NCc1c(C)nn(C)c1C. The lowest BCUT2D eigenvalue weighted by Gasteiger charge is -2.14. The Morgan fingerprint density at radius 1 is 1.39 bits per heavy atom. The highest BCUT2D eigenvalue weighted by Gasteiger charge is 2.10. The van der Waals surface area contributed by atoms with Crippen LogP contribution in [-0.4, -0.2) is 42.6 Å². The van der Waals surface area contributed by atoms with Crippen molar-refractivity contribution in [2.75, 3.05) is 26.8 Å². The molecule has 0 radical (unpaired) electrons. The summed E-state index contributed by atoms with van der Waals surface area (Å²) in [7, 11) is 3.71. The Kier molecular flexibility index (Phi) is 6.32. The molecule has 5 heteroatoms. The van der Waals surface area contributed by atoms with Crippen LogP contribution in [0.2, 0.25) is 0 Å². The highest BCUT2D eigenvalue weighted by molar-refractivity contribution is 5.24. The first-order valence-corrected chi connectivity index (χ1v) is 6.48. The molecular formula is C13H26N4O. The molecule has 0 spiro atoms. The van der Waals surface area contributed by atoms with Crippen LogP contribution in [0.15, 0.2) is 0 Å². The van der Waals surface area contributed by atoms with Gasteiger partial charge in [-0.05, 0) is 20.8 Å². The van der Waals surface area contributed by atoms with E-state index in [1.54, 1.807) is 7.11 Å². The normalized spacial score (nSPS) is 12.9. The quantitative estimate of drug-likeness (QED) is 0.672. The molecule has 1 atom stereocenters. The van der Waals surface area contributed by atoms with Crippen LogP contribution in [0.4, 0.5) is 0 Å². The summed E-state index contributed by atoms with van der Waals surface area (Å²) in [5, 5.41) is 11.3. The number of aromatic nitrogens is 2. The monoisotopic (exact) mass is 254 g/mol. The second kappa shape index (κ2) is 7.51. The van der Waals surface area contributed by atoms with Gasteiger partial charge in [0.1, 0.15) is 0 Å². The van der Waals surface area contributed by atoms with Gasteiger partial charge >= 0.3 is 0 Å². The van der Waals surface area contributed by atoms with E-state index in [0.717, 1.165) is 31.9 Å². The number of nitrogens with one attached hydrogen (secondary N) is 2. The molecule has 5 nitrogen and oxygen atoms in total. The van der Waals surface area contributed by atoms with Gasteiger partial charge in [0.2, 0.25) is 0 Å². The molecular weight excluding hydrogens is 228 g/mol. The fraction of sp³-hybridized carbons (Fsp3) is 0.769. The molecule has 0 saturated carbocycles. The molecule has 0 saturated heterocycles. The van der Waals surface area contributed by atoms with E-state index in [1.165, 1.54) is 11.3 Å². The molecule has 18 heavy (non-hydrogen) atoms. The maximum absolute atomic E-state index is 4.99. The first kappa shape index (κ1) is 15.1. The first-order valence-electron chi connectivity index (χ1n) is 6.48. The van der Waals surface area contributed by atoms with Crippen LogP contribution in [-0.2, 0) is 18.3 Å². The van der Waals surface area contributed by atoms with Crippen molar-refractivity contribution >= 4 is 0 Å². The van der Waals surface area contributed by atoms with Crippen LogP contribution in [0.1, 0.15) is 23.9 Å². The summed E-state index contributed by atoms with van der Waals surface area (Å²) in [6, 6.07) is 0.431. The summed E-state index contributed by atoms with van der Waals surface area (Å²) in [6.45, 7) is 9.83. The third kappa shape index (κ3) is 4.40. The summed E-state index contributed by atoms with van der Waals surface area (Å²) in [5.74, 6) is 0. The van der Waals surface area contributed by atoms with Crippen molar-refractivity contribution in [1.29, 1.82) is 0 Å². The van der Waals surface area contributed by atoms with E-state index in [0.29, 0.717) is 6.04 Å². The van der Waals surface area contributed by atoms with Gasteiger partial charge < -0.3 is 15.4 Å². The van der Waals surface area contributed by atoms with Gasteiger partial charge in [-0.2, -0.15) is 5.10 Å². The predicted molar refractivity (Wildman–Crippen MR) is 73.7 cm³/mol. The molecule has 1 aromatic rings. The largest absolute Gasteiger partial charge is 0.383 e. The molecule has 0 aromatic carbocycles. The van der Waals surface area contributed by atoms with Crippen molar-refractivity contribution < 1.29 is 4.74 Å². The molecule has 104 valence electrons. The van der Waals surface area contributed by atoms with Crippen LogP contribution in [0, 0.1) is 13.8 Å². The van der Waals surface area contributed by atoms with E-state index in [2.05, 4.69) is 36.5 Å². The van der Waals surface area contributed by atoms with Crippen molar-refractivity contribution in [3.8, 4) is 0 Å². The molecule has 1 aromatic heterocycles. The van der Waals surface area contributed by atoms with Gasteiger partial charge in [0.25, 0.3) is 0 Å². The van der Waals surface area contributed by atoms with Crippen molar-refractivity contribution in [2.24, 2.45) is 7.05 Å². The summed E-state index contributed by atoms with van der Waals surface area (Å²) in [6.07, 6.45) is 0. The molecule has 0 aliphatic heterocycles. The Bertz CT molecular complexity index is 362. The molecule has 1 unspecified atom stereocenters. The molecule has 0 aliphatic rings. The maximum Gasteiger partial charge on any atom is 0.0641 e. The van der Waals surface area contributed by atoms with Crippen molar-refractivity contribution in [3.05, 3.63) is 17.0 Å². The predicted octanol–water partition coefficient (Wildman–Crippen LogP) is 0.751. The second-order valence-corrected chi connectivity index (χ2v) is 4.75. The Balaban J connectivity index is 2.31. The minimum atomic E-state index is 0.431. The molecule has 0 fully saturated rings. The van der Waals surface area contributed by atoms with Gasteiger partial charge in [0.05, 0.1) is 12.3 Å². The Hall–Kier alpha value is -0.910.